The van der Waals surface area contributed by atoms with Crippen molar-refractivity contribution in [2.24, 2.45) is 23.7 Å². The fourth-order valence-corrected chi connectivity index (χ4v) is 14.7. The molecule has 3 saturated heterocycles. The molecule has 2 aromatic heterocycles. The van der Waals surface area contributed by atoms with Crippen LogP contribution in [0.3, 0.4) is 0 Å². The average Bonchev–Trinajstić information content (AvgIpc) is 1.12. The summed E-state index contributed by atoms with van der Waals surface area (Å²) in [6.07, 6.45) is -13.0. The summed E-state index contributed by atoms with van der Waals surface area (Å²) in [7, 11) is 0. The van der Waals surface area contributed by atoms with Crippen LogP contribution in [0.4, 0.5) is 8.78 Å². The van der Waals surface area contributed by atoms with Gasteiger partial charge in [0.15, 0.2) is 25.0 Å². The van der Waals surface area contributed by atoms with Gasteiger partial charge in [-0.05, 0) is 93.9 Å². The van der Waals surface area contributed by atoms with Gasteiger partial charge < -0.3 is 89.8 Å². The molecule has 10 rings (SSSR count). The fourth-order valence-electron chi connectivity index (χ4n) is 14.7. The van der Waals surface area contributed by atoms with Gasteiger partial charge in [0.25, 0.3) is 0 Å². The molecule has 6 fully saturated rings. The van der Waals surface area contributed by atoms with E-state index in [9.17, 15) is 69.1 Å². The van der Waals surface area contributed by atoms with Crippen LogP contribution in [-0.4, -0.2) is 223 Å². The smallest absolute Gasteiger partial charge is 0.332 e. The van der Waals surface area contributed by atoms with Gasteiger partial charge in [-0.2, -0.15) is 0 Å². The Hall–Kier alpha value is -5.61. The molecule has 4 aromatic rings. The molecule has 3 saturated carbocycles. The van der Waals surface area contributed by atoms with Crippen LogP contribution in [-0.2, 0) is 47.5 Å². The number of aromatic nitrogens is 6. The number of benzene rings is 2. The highest BCUT2D eigenvalue weighted by atomic mass is 19.1. The first-order valence-corrected chi connectivity index (χ1v) is 33.2. The van der Waals surface area contributed by atoms with Gasteiger partial charge in [0, 0.05) is 30.5 Å². The zero-order valence-corrected chi connectivity index (χ0v) is 53.3. The van der Waals surface area contributed by atoms with E-state index in [1.165, 1.54) is 72.0 Å². The maximum absolute atomic E-state index is 14.5. The summed E-state index contributed by atoms with van der Waals surface area (Å²) in [6, 6.07) is 8.03. The normalized spacial score (nSPS) is 36.2. The number of nitrogens with one attached hydrogen (secondary N) is 2. The maximum atomic E-state index is 14.5. The standard InChI is InChI=1S/C65H92F2N8O19/c1-5-36-22-35(24-47(59(36)94-65-58(84)57(83)52(78)32(3)88-65)92-63-50(69-33(4)77)60(55(81)49(31-76)93-63)89-48(62(86)87)23-34-14-8-7-9-15-34)16-10-11-21-68-61(85)39-27-44(74-29-42(70-72-74)37-17-12-19-40(66)25-37)53(79)46(28-39)91-64-56(82)51(54(80)45(6-2)90-64)75-30-43(71-73-75)38-18-13-20-41(67)26-38/h12-13,17-20,25-26,29-30,32,34-36,39,44-60,63-65,76,78-84H,5-11,14-16,21-24,27-28,31H2,1-4H3,(H,68,85)(H,69,77)(H,86,87)/t32?,35?,36?,39-,44?,45?,46+,47+,48-,49-,50?,51?,52+,53?,54-,55-,56+,57-,58?,59+,60?,63+,64-,65-/m0/s1. The molecule has 94 heavy (non-hydrogen) atoms. The summed E-state index contributed by atoms with van der Waals surface area (Å²) >= 11 is 0. The predicted molar refractivity (Wildman–Crippen MR) is 326 cm³/mol. The number of hydrogen-bond donors (Lipinski definition) is 11. The number of aliphatic carboxylic acids is 1. The van der Waals surface area contributed by atoms with Gasteiger partial charge in [0.2, 0.25) is 11.8 Å². The number of aliphatic hydroxyl groups excluding tert-OH is 8. The van der Waals surface area contributed by atoms with Crippen molar-refractivity contribution < 1.29 is 102 Å². The minimum atomic E-state index is -1.67. The average molecular weight is 1330 g/mol. The number of aliphatic hydroxyl groups is 8. The lowest BCUT2D eigenvalue weighted by Crippen LogP contribution is -2.67. The van der Waals surface area contributed by atoms with Crippen molar-refractivity contribution in [1.82, 2.24) is 40.6 Å². The van der Waals surface area contributed by atoms with Crippen molar-refractivity contribution in [3.05, 3.63) is 72.6 Å². The molecule has 10 unspecified atom stereocenters. The van der Waals surface area contributed by atoms with Gasteiger partial charge in [-0.3, -0.25) is 9.59 Å². The molecule has 6 aliphatic rings. The first kappa shape index (κ1) is 71.2. The molecule has 2 amide bonds. The van der Waals surface area contributed by atoms with Gasteiger partial charge in [-0.15, -0.1) is 10.2 Å². The number of carbonyl (C=O) groups excluding carboxylic acids is 2. The number of hydrogen-bond acceptors (Lipinski definition) is 22. The first-order chi connectivity index (χ1) is 45.1. The molecule has 24 atom stereocenters. The largest absolute Gasteiger partial charge is 0.479 e. The summed E-state index contributed by atoms with van der Waals surface area (Å²) in [5, 5.41) is 124. The summed E-state index contributed by atoms with van der Waals surface area (Å²) in [5.74, 6) is -4.36. The minimum absolute atomic E-state index is 0.0514. The minimum Gasteiger partial charge on any atom is -0.479 e. The number of nitrogens with zero attached hydrogens (tertiary/aromatic N) is 6. The van der Waals surface area contributed by atoms with Gasteiger partial charge in [-0.1, -0.05) is 99.9 Å². The van der Waals surface area contributed by atoms with E-state index in [-0.39, 0.29) is 68.0 Å². The number of amides is 2. The Balaban J connectivity index is 0.841. The van der Waals surface area contributed by atoms with Crippen molar-refractivity contribution >= 4 is 17.8 Å². The van der Waals surface area contributed by atoms with E-state index in [0.717, 1.165) is 32.1 Å². The second-order valence-electron chi connectivity index (χ2n) is 26.4. The summed E-state index contributed by atoms with van der Waals surface area (Å²) in [4.78, 5) is 40.4. The number of carboxylic acids is 1. The molecule has 11 N–H and O–H groups in total. The zero-order valence-electron chi connectivity index (χ0n) is 53.3. The van der Waals surface area contributed by atoms with Crippen LogP contribution < -0.4 is 10.6 Å². The third-order valence-electron chi connectivity index (χ3n) is 19.9. The van der Waals surface area contributed by atoms with E-state index in [4.69, 9.17) is 33.2 Å². The molecule has 27 nitrogen and oxygen atoms in total. The number of carbonyl (C=O) groups is 3. The van der Waals surface area contributed by atoms with E-state index in [1.54, 1.807) is 19.1 Å². The highest BCUT2D eigenvalue weighted by Crippen LogP contribution is 2.43. The lowest BCUT2D eigenvalue weighted by atomic mass is 9.74. The van der Waals surface area contributed by atoms with Gasteiger partial charge >= 0.3 is 5.97 Å². The SMILES string of the molecule is CCC1O[C@@H](O[C@@H]2C[C@@H](C(=O)NCCCCC3CC(CC)[C@@H](O[C@@H]4OC(C)[C@@H](O)[C@H](O)C4O)[C@H](O[C@@H]4O[C@@H](CO)[C@H](O)C(O[C@@H](CC5CCCCC5)C(=O)O)C4NC(C)=O)C3)CC(n3cc(-c4cccc(F)c4)nn3)C2O)[C@H](O)C(n2cc(-c3cccc(F)c3)nn2)[C@H]1O. The topological polar surface area (TPSA) is 383 Å². The van der Waals surface area contributed by atoms with Crippen molar-refractivity contribution in [3.8, 4) is 22.5 Å². The molecule has 3 aliphatic heterocycles. The molecule has 29 heteroatoms. The van der Waals surface area contributed by atoms with Crippen LogP contribution >= 0.6 is 0 Å². The fraction of sp³-hybridized carbons (Fsp3) is 0.708. The second kappa shape index (κ2) is 32.2. The number of rotatable bonds is 25. The number of halogens is 2. The Bertz CT molecular complexity index is 3110. The highest BCUT2D eigenvalue weighted by Gasteiger charge is 2.54. The molecular weight excluding hydrogens is 1230 g/mol. The van der Waals surface area contributed by atoms with E-state index in [1.807, 2.05) is 6.92 Å². The molecule has 0 radical (unpaired) electrons. The molecular formula is C65H92F2N8O19. The monoisotopic (exact) mass is 1330 g/mol. The van der Waals surface area contributed by atoms with Gasteiger partial charge in [-0.25, -0.2) is 22.9 Å². The van der Waals surface area contributed by atoms with Crippen molar-refractivity contribution in [2.45, 2.75) is 253 Å². The third-order valence-corrected chi connectivity index (χ3v) is 19.9. The Morgan fingerprint density at radius 3 is 1.97 bits per heavy atom. The number of unbranched alkanes of at least 4 members (excludes halogenated alkanes) is 1. The van der Waals surface area contributed by atoms with E-state index >= 15 is 0 Å². The molecule has 0 spiro atoms. The molecule has 2 aromatic carbocycles. The van der Waals surface area contributed by atoms with Crippen LogP contribution in [0.25, 0.3) is 22.5 Å². The first-order valence-electron chi connectivity index (χ1n) is 33.2. The van der Waals surface area contributed by atoms with Gasteiger partial charge in [0.05, 0.1) is 55.6 Å². The van der Waals surface area contributed by atoms with Crippen LogP contribution in [0, 0.1) is 35.3 Å². The lowest BCUT2D eigenvalue weighted by molar-refractivity contribution is -0.339. The van der Waals surface area contributed by atoms with Crippen molar-refractivity contribution in [1.29, 1.82) is 0 Å². The molecule has 5 heterocycles. The summed E-state index contributed by atoms with van der Waals surface area (Å²) in [5.41, 5.74) is 1.40. The number of carboxylic acid groups (broad SMARTS) is 1. The van der Waals surface area contributed by atoms with Crippen LogP contribution in [0.1, 0.15) is 136 Å². The highest BCUT2D eigenvalue weighted by molar-refractivity contribution is 5.79. The van der Waals surface area contributed by atoms with E-state index in [0.29, 0.717) is 48.9 Å². The van der Waals surface area contributed by atoms with Crippen molar-refractivity contribution in [3.63, 3.8) is 0 Å². The molecule has 0 bridgehead atoms. The summed E-state index contributed by atoms with van der Waals surface area (Å²) < 4.78 is 75.9. The van der Waals surface area contributed by atoms with Crippen LogP contribution in [0.15, 0.2) is 60.9 Å². The quantitative estimate of drug-likeness (QED) is 0.0425. The van der Waals surface area contributed by atoms with E-state index < -0.39 is 165 Å². The van der Waals surface area contributed by atoms with Crippen molar-refractivity contribution in [2.75, 3.05) is 13.2 Å². The zero-order chi connectivity index (χ0) is 67.1. The Kier molecular flexibility index (Phi) is 24.4. The third kappa shape index (κ3) is 16.7. The summed E-state index contributed by atoms with van der Waals surface area (Å²) in [6.45, 7) is 5.97. The predicted octanol–water partition coefficient (Wildman–Crippen LogP) is 2.99. The molecule has 3 aliphatic carbocycles. The molecule has 520 valence electrons. The Labute approximate surface area is 543 Å². The maximum Gasteiger partial charge on any atom is 0.332 e. The van der Waals surface area contributed by atoms with Gasteiger partial charge in [0.1, 0.15) is 90.0 Å². The van der Waals surface area contributed by atoms with Crippen LogP contribution in [0.2, 0.25) is 0 Å². The number of ether oxygens (including phenoxy) is 7. The van der Waals surface area contributed by atoms with E-state index in [2.05, 4.69) is 31.3 Å². The Morgan fingerprint density at radius 1 is 0.681 bits per heavy atom. The lowest BCUT2D eigenvalue weighted by Gasteiger charge is -2.49. The second-order valence-corrected chi connectivity index (χ2v) is 26.4. The van der Waals surface area contributed by atoms with Crippen LogP contribution in [0.5, 0.6) is 0 Å². The Morgan fingerprint density at radius 2 is 1.33 bits per heavy atom.